The van der Waals surface area contributed by atoms with Gasteiger partial charge < -0.3 is 9.74 Å². The first-order valence-corrected chi connectivity index (χ1v) is 14.3. The number of amides is 1. The van der Waals surface area contributed by atoms with Crippen LogP contribution >= 0.6 is 11.6 Å². The maximum Gasteiger partial charge on any atom is 0.224 e. The van der Waals surface area contributed by atoms with Gasteiger partial charge in [-0.2, -0.15) is 0 Å². The summed E-state index contributed by atoms with van der Waals surface area (Å²) in [6.45, 7) is 15.3. The van der Waals surface area contributed by atoms with Crippen molar-refractivity contribution in [1.82, 2.24) is 0 Å². The van der Waals surface area contributed by atoms with Crippen LogP contribution in [0.3, 0.4) is 0 Å². The summed E-state index contributed by atoms with van der Waals surface area (Å²) in [5.41, 5.74) is 0.635. The van der Waals surface area contributed by atoms with E-state index in [9.17, 15) is 4.79 Å². The van der Waals surface area contributed by atoms with E-state index in [0.717, 1.165) is 37.8 Å². The number of halogens is 1. The molecule has 1 saturated carbocycles. The minimum absolute atomic E-state index is 0.0617. The van der Waals surface area contributed by atoms with Gasteiger partial charge in [0.05, 0.1) is 5.60 Å². The van der Waals surface area contributed by atoms with Gasteiger partial charge in [0.2, 0.25) is 5.91 Å². The quantitative estimate of drug-likeness (QED) is 0.326. The molecular weight excluding hydrogens is 410 g/mol. The maximum absolute atomic E-state index is 12.5. The van der Waals surface area contributed by atoms with Crippen LogP contribution in [0.25, 0.3) is 0 Å². The van der Waals surface area contributed by atoms with E-state index in [0.29, 0.717) is 17.4 Å². The maximum atomic E-state index is 12.5. The lowest BCUT2D eigenvalue weighted by Gasteiger charge is -2.48. The van der Waals surface area contributed by atoms with Crippen molar-refractivity contribution in [3.63, 3.8) is 0 Å². The lowest BCUT2D eigenvalue weighted by molar-refractivity contribution is -0.117. The third-order valence-corrected chi connectivity index (χ3v) is 11.4. The Kier molecular flexibility index (Phi) is 8.55. The van der Waals surface area contributed by atoms with Gasteiger partial charge in [-0.15, -0.1) is 0 Å². The molecule has 1 aromatic rings. The summed E-state index contributed by atoms with van der Waals surface area (Å²) in [6, 6.07) is 7.31. The molecule has 0 spiro atoms. The molecule has 0 aliphatic heterocycles. The van der Waals surface area contributed by atoms with Crippen LogP contribution in [0.1, 0.15) is 59.3 Å². The largest absolute Gasteiger partial charge is 0.411 e. The molecule has 0 radical (unpaired) electrons. The van der Waals surface area contributed by atoms with Crippen LogP contribution in [0.15, 0.2) is 49.1 Å². The van der Waals surface area contributed by atoms with Crippen LogP contribution in [-0.4, -0.2) is 19.8 Å². The van der Waals surface area contributed by atoms with E-state index in [1.54, 1.807) is 12.1 Å². The lowest BCUT2D eigenvalue weighted by Crippen LogP contribution is -2.51. The van der Waals surface area contributed by atoms with Gasteiger partial charge >= 0.3 is 0 Å². The molecule has 1 aromatic carbocycles. The fourth-order valence-electron chi connectivity index (χ4n) is 3.87. The summed E-state index contributed by atoms with van der Waals surface area (Å²) in [5.74, 6) is 0.454. The topological polar surface area (TPSA) is 38.3 Å². The van der Waals surface area contributed by atoms with Crippen molar-refractivity contribution in [2.24, 2.45) is 5.92 Å². The van der Waals surface area contributed by atoms with Crippen LogP contribution in [0, 0.1) is 5.92 Å². The number of carbonyl (C=O) groups excluding carboxylic acids is 1. The fraction of sp³-hybridized carbons (Fsp3) is 0.560. The minimum atomic E-state index is -1.89. The van der Waals surface area contributed by atoms with E-state index in [1.807, 2.05) is 24.3 Å². The standard InChI is InChI=1S/C25H38ClNO2Si/c1-7-8-9-15-25(29-30(5,6)24(2,3)4)16-13-20(14-17-25)18-23(28)27-22-12-10-11-21(26)19-22/h7-12,19-20H,1,13-18H2,2-6H3,(H,27,28)/b9-8-. The third-order valence-electron chi connectivity index (χ3n) is 6.64. The van der Waals surface area contributed by atoms with Gasteiger partial charge in [0.1, 0.15) is 0 Å². The number of rotatable bonds is 8. The average Bonchev–Trinajstić information content (AvgIpc) is 2.63. The van der Waals surface area contributed by atoms with E-state index < -0.39 is 8.32 Å². The van der Waals surface area contributed by atoms with Gasteiger partial charge in [0, 0.05) is 17.1 Å². The summed E-state index contributed by atoms with van der Waals surface area (Å²) >= 11 is 6.01. The number of hydrogen-bond acceptors (Lipinski definition) is 2. The Morgan fingerprint density at radius 1 is 1.33 bits per heavy atom. The van der Waals surface area contributed by atoms with Crippen molar-refractivity contribution in [3.8, 4) is 0 Å². The molecule has 166 valence electrons. The Labute approximate surface area is 189 Å². The second-order valence-corrected chi connectivity index (χ2v) is 15.3. The summed E-state index contributed by atoms with van der Waals surface area (Å²) < 4.78 is 6.98. The first-order chi connectivity index (χ1) is 14.0. The van der Waals surface area contributed by atoms with Gasteiger partial charge in [-0.1, -0.05) is 63.2 Å². The molecule has 0 aromatic heterocycles. The Morgan fingerprint density at radius 3 is 2.57 bits per heavy atom. The van der Waals surface area contributed by atoms with Crippen LogP contribution in [0.5, 0.6) is 0 Å². The van der Waals surface area contributed by atoms with Crippen molar-refractivity contribution in [2.45, 2.75) is 83.0 Å². The van der Waals surface area contributed by atoms with E-state index >= 15 is 0 Å². The summed E-state index contributed by atoms with van der Waals surface area (Å²) in [7, 11) is -1.89. The minimum Gasteiger partial charge on any atom is -0.411 e. The average molecular weight is 448 g/mol. The molecule has 0 atom stereocenters. The molecule has 2 rings (SSSR count). The number of allylic oxidation sites excluding steroid dienone is 2. The number of anilines is 1. The zero-order chi connectivity index (χ0) is 22.4. The highest BCUT2D eigenvalue weighted by Crippen LogP contribution is 2.46. The first kappa shape index (κ1) is 24.9. The summed E-state index contributed by atoms with van der Waals surface area (Å²) in [6.07, 6.45) is 11.5. The zero-order valence-corrected chi connectivity index (χ0v) is 21.0. The van der Waals surface area contributed by atoms with Crippen molar-refractivity contribution >= 4 is 31.5 Å². The Bertz CT molecular complexity index is 759. The van der Waals surface area contributed by atoms with Crippen LogP contribution < -0.4 is 5.32 Å². The van der Waals surface area contributed by atoms with Gasteiger partial charge in [-0.05, 0) is 74.4 Å². The summed E-state index contributed by atoms with van der Waals surface area (Å²) in [5, 5.41) is 3.79. The predicted molar refractivity (Wildman–Crippen MR) is 132 cm³/mol. The molecule has 3 nitrogen and oxygen atoms in total. The molecule has 1 aliphatic carbocycles. The van der Waals surface area contributed by atoms with Gasteiger partial charge in [-0.3, -0.25) is 4.79 Å². The molecule has 0 unspecified atom stereocenters. The second kappa shape index (κ2) is 10.3. The first-order valence-electron chi connectivity index (χ1n) is 11.0. The second-order valence-electron chi connectivity index (χ2n) is 10.1. The number of benzene rings is 1. The van der Waals surface area contributed by atoms with Gasteiger partial charge in [-0.25, -0.2) is 0 Å². The Balaban J connectivity index is 2.00. The lowest BCUT2D eigenvalue weighted by atomic mass is 9.76. The highest BCUT2D eigenvalue weighted by molar-refractivity contribution is 6.74. The van der Waals surface area contributed by atoms with E-state index in [-0.39, 0.29) is 16.5 Å². The molecule has 0 bridgehead atoms. The molecule has 1 N–H and O–H groups in total. The van der Waals surface area contributed by atoms with E-state index in [4.69, 9.17) is 16.0 Å². The van der Waals surface area contributed by atoms with E-state index in [2.05, 4.69) is 51.8 Å². The zero-order valence-electron chi connectivity index (χ0n) is 19.3. The Morgan fingerprint density at radius 2 is 2.00 bits per heavy atom. The molecule has 0 saturated heterocycles. The molecule has 1 fully saturated rings. The predicted octanol–water partition coefficient (Wildman–Crippen LogP) is 7.75. The number of carbonyl (C=O) groups is 1. The monoisotopic (exact) mass is 447 g/mol. The van der Waals surface area contributed by atoms with Gasteiger partial charge in [0.25, 0.3) is 0 Å². The van der Waals surface area contributed by atoms with Crippen LogP contribution in [0.2, 0.25) is 23.2 Å². The smallest absolute Gasteiger partial charge is 0.224 e. The SMILES string of the molecule is C=C/C=C\CC1(O[Si](C)(C)C(C)(C)C)CCC(CC(=O)Nc2cccc(Cl)c2)CC1. The van der Waals surface area contributed by atoms with Crippen molar-refractivity contribution in [1.29, 1.82) is 0 Å². The van der Waals surface area contributed by atoms with Crippen molar-refractivity contribution < 1.29 is 9.22 Å². The normalized spacial score (nSPS) is 22.8. The summed E-state index contributed by atoms with van der Waals surface area (Å²) in [4.78, 5) is 12.5. The fourth-order valence-corrected chi connectivity index (χ4v) is 5.74. The number of hydrogen-bond donors (Lipinski definition) is 1. The highest BCUT2D eigenvalue weighted by Gasteiger charge is 2.45. The third kappa shape index (κ3) is 7.11. The molecule has 30 heavy (non-hydrogen) atoms. The Hall–Kier alpha value is -1.36. The molecule has 0 heterocycles. The highest BCUT2D eigenvalue weighted by atomic mass is 35.5. The van der Waals surface area contributed by atoms with Gasteiger partial charge in [0.15, 0.2) is 8.32 Å². The van der Waals surface area contributed by atoms with Crippen LogP contribution in [0.4, 0.5) is 5.69 Å². The van der Waals surface area contributed by atoms with E-state index in [1.165, 1.54) is 0 Å². The number of nitrogens with one attached hydrogen (secondary N) is 1. The van der Waals surface area contributed by atoms with Crippen molar-refractivity contribution in [2.75, 3.05) is 5.32 Å². The van der Waals surface area contributed by atoms with Crippen molar-refractivity contribution in [3.05, 3.63) is 54.1 Å². The molecule has 5 heteroatoms. The molecular formula is C25H38ClNO2Si. The molecule has 1 aliphatic rings. The van der Waals surface area contributed by atoms with Crippen LogP contribution in [-0.2, 0) is 9.22 Å². The molecule has 1 amide bonds.